The molecule has 87 heavy (non-hydrogen) atoms. The van der Waals surface area contributed by atoms with E-state index in [1.54, 1.807) is 69.0 Å². The molecule has 20 nitrogen and oxygen atoms in total. The predicted octanol–water partition coefficient (Wildman–Crippen LogP) is 9.25. The highest BCUT2D eigenvalue weighted by molar-refractivity contribution is 7.86. The number of quaternary nitrogens is 2. The van der Waals surface area contributed by atoms with Crippen molar-refractivity contribution < 1.29 is 91.9 Å². The van der Waals surface area contributed by atoms with Crippen LogP contribution in [0.3, 0.4) is 0 Å². The molecule has 0 fully saturated rings. The average Bonchev–Trinajstić information content (AvgIpc) is 1.78. The topological polar surface area (TPSA) is 241 Å². The lowest BCUT2D eigenvalue weighted by Gasteiger charge is -2.46. The summed E-state index contributed by atoms with van der Waals surface area (Å²) in [4.78, 5) is 26.0. The molecule has 0 saturated heterocycles. The number of nitrogens with zero attached hydrogens (tertiary/aromatic N) is 2. The van der Waals surface area contributed by atoms with Crippen LogP contribution < -0.4 is 37.9 Å². The van der Waals surface area contributed by atoms with Crippen molar-refractivity contribution in [2.75, 3.05) is 110 Å². The van der Waals surface area contributed by atoms with E-state index in [9.17, 15) is 35.5 Å². The third kappa shape index (κ3) is 18.7. The lowest BCUT2D eigenvalue weighted by atomic mass is 9.86. The summed E-state index contributed by atoms with van der Waals surface area (Å²) in [6.07, 6.45) is 5.85. The number of hydrogen-bond donors (Lipinski definition) is 0. The van der Waals surface area contributed by atoms with Gasteiger partial charge in [0.15, 0.2) is 46.0 Å². The van der Waals surface area contributed by atoms with E-state index >= 15 is 0 Å². The number of esters is 2. The lowest BCUT2D eigenvalue weighted by molar-refractivity contribution is -0.940. The molecule has 472 valence electrons. The molecule has 0 N–H and O–H groups in total. The number of ether oxygens (including phenoxy) is 10. The first-order chi connectivity index (χ1) is 41.6. The standard InChI is InChI=1S/C53H72N2O12.2C6H6O3S/c1-54(22-18-38-32-48(62-7)50(64-9)34-40(38)42(54)28-36-14-16-44(58-3)46(30-36)60-5)24-20-52(56)66-26-12-11-13-27-67-53(57)21-25-55(2)23-19-39-33-49(63-8)51(65-10)35-41(39)43(55)29-37-15-17-45(59-4)47(31-37)61-6;2*7-10(8,9)6-4-2-1-3-5-6/h14-17,30-35,42-43H,11-13,18-29H2,1-10H3;2*1-5H,(H,7,8,9)/q+2;;/p-2/t42-,43-,54-,55-;;/m0../s1. The summed E-state index contributed by atoms with van der Waals surface area (Å²) in [5.41, 5.74) is 7.00. The van der Waals surface area contributed by atoms with Crippen molar-refractivity contribution in [3.05, 3.63) is 155 Å². The van der Waals surface area contributed by atoms with Crippen molar-refractivity contribution in [2.24, 2.45) is 0 Å². The SMILES string of the molecule is COc1ccc(C[C@H]2c3cc(OC)c(OC)cc3CC[N@@+]2(C)CCC(=O)OCCCCCOC(=O)CC[N@+]2(C)CCc3cc(OC)c(OC)cc3[C@@H]2Cc2ccc(OC)c(OC)c2)cc1OC.O=S(=O)([O-])c1ccccc1.O=S(=O)([O-])c1ccccc1. The number of unbranched alkanes of at least 4 members (excludes halogenated alkanes) is 2. The van der Waals surface area contributed by atoms with Crippen molar-refractivity contribution in [3.8, 4) is 46.0 Å². The van der Waals surface area contributed by atoms with Gasteiger partial charge in [-0.25, -0.2) is 16.8 Å². The molecule has 0 unspecified atom stereocenters. The maximum Gasteiger partial charge on any atom is 0.311 e. The molecule has 0 amide bonds. The van der Waals surface area contributed by atoms with Gasteiger partial charge in [-0.3, -0.25) is 9.59 Å². The van der Waals surface area contributed by atoms with Gasteiger partial charge in [-0.1, -0.05) is 48.5 Å². The van der Waals surface area contributed by atoms with Gasteiger partial charge in [-0.2, -0.15) is 0 Å². The molecule has 2 aliphatic rings. The Balaban J connectivity index is 0.000000507. The van der Waals surface area contributed by atoms with Crippen molar-refractivity contribution in [3.63, 3.8) is 0 Å². The fourth-order valence-electron chi connectivity index (χ4n) is 11.1. The first-order valence-electron chi connectivity index (χ1n) is 28.5. The van der Waals surface area contributed by atoms with Crippen molar-refractivity contribution in [1.29, 1.82) is 0 Å². The summed E-state index contributed by atoms with van der Waals surface area (Å²) in [5, 5.41) is 0. The van der Waals surface area contributed by atoms with Gasteiger partial charge >= 0.3 is 11.9 Å². The predicted molar refractivity (Wildman–Crippen MR) is 324 cm³/mol. The molecule has 2 aliphatic heterocycles. The summed E-state index contributed by atoms with van der Waals surface area (Å²) >= 11 is 0. The molecular weight excluding hydrogens is 1160 g/mol. The molecule has 0 bridgehead atoms. The van der Waals surface area contributed by atoms with E-state index in [4.69, 9.17) is 47.4 Å². The van der Waals surface area contributed by atoms with Crippen LogP contribution in [0.5, 0.6) is 46.0 Å². The summed E-state index contributed by atoms with van der Waals surface area (Å²) in [5.74, 6) is 5.06. The Morgan fingerprint density at radius 1 is 0.437 bits per heavy atom. The fourth-order valence-corrected chi connectivity index (χ4v) is 12.1. The van der Waals surface area contributed by atoms with Crippen LogP contribution >= 0.6 is 0 Å². The van der Waals surface area contributed by atoms with Crippen LogP contribution in [-0.2, 0) is 65.0 Å². The molecular formula is C65H82N2O18S2. The zero-order valence-corrected chi connectivity index (χ0v) is 53.0. The van der Waals surface area contributed by atoms with Gasteiger partial charge in [0.2, 0.25) is 0 Å². The zero-order valence-electron chi connectivity index (χ0n) is 51.4. The molecule has 0 aliphatic carbocycles. The lowest BCUT2D eigenvalue weighted by Crippen LogP contribution is -2.53. The fraction of sp³-hybridized carbons (Fsp3) is 0.415. The zero-order chi connectivity index (χ0) is 63.4. The number of benzene rings is 6. The Bertz CT molecular complexity index is 3230. The van der Waals surface area contributed by atoms with E-state index in [1.165, 1.54) is 70.8 Å². The summed E-state index contributed by atoms with van der Waals surface area (Å²) in [6.45, 7) is 3.57. The largest absolute Gasteiger partial charge is 0.744 e. The van der Waals surface area contributed by atoms with E-state index in [-0.39, 0.29) is 33.8 Å². The second kappa shape index (κ2) is 31.9. The van der Waals surface area contributed by atoms with Crippen LogP contribution in [0, 0.1) is 0 Å². The van der Waals surface area contributed by atoms with E-state index in [2.05, 4.69) is 50.5 Å². The summed E-state index contributed by atoms with van der Waals surface area (Å²) in [6, 6.07) is 34.9. The van der Waals surface area contributed by atoms with E-state index in [0.29, 0.717) is 107 Å². The number of hydrogen-bond acceptors (Lipinski definition) is 18. The molecule has 0 spiro atoms. The Morgan fingerprint density at radius 3 is 1.07 bits per heavy atom. The van der Waals surface area contributed by atoms with Crippen molar-refractivity contribution >= 4 is 32.2 Å². The maximum absolute atomic E-state index is 13.2. The highest BCUT2D eigenvalue weighted by atomic mass is 32.2. The Labute approximate surface area is 512 Å². The number of carbonyl (C=O) groups excluding carboxylic acids is 2. The minimum absolute atomic E-state index is 0.0393. The first-order valence-corrected chi connectivity index (χ1v) is 31.3. The molecule has 4 atom stereocenters. The van der Waals surface area contributed by atoms with Gasteiger partial charge in [0.1, 0.15) is 32.3 Å². The average molecular weight is 1240 g/mol. The minimum atomic E-state index is -4.25. The third-order valence-electron chi connectivity index (χ3n) is 16.1. The highest BCUT2D eigenvalue weighted by Gasteiger charge is 2.42. The molecule has 22 heteroatoms. The van der Waals surface area contributed by atoms with Gasteiger partial charge in [0.25, 0.3) is 0 Å². The number of likely N-dealkylation sites (N-methyl/N-ethyl adjacent to an activating group) is 2. The van der Waals surface area contributed by atoms with E-state index in [1.807, 2.05) is 24.3 Å². The number of fused-ring (bicyclic) bond motifs is 2. The van der Waals surface area contributed by atoms with Crippen LogP contribution in [0.15, 0.2) is 131 Å². The van der Waals surface area contributed by atoms with Gasteiger partial charge in [0.05, 0.1) is 133 Å². The Kier molecular flexibility index (Phi) is 25.1. The van der Waals surface area contributed by atoms with Crippen LogP contribution in [0.4, 0.5) is 0 Å². The maximum atomic E-state index is 13.2. The van der Waals surface area contributed by atoms with Crippen LogP contribution in [0.1, 0.15) is 77.6 Å². The molecule has 2 heterocycles. The molecule has 8 rings (SSSR count). The van der Waals surface area contributed by atoms with E-state index in [0.717, 1.165) is 56.3 Å². The van der Waals surface area contributed by atoms with Crippen LogP contribution in [-0.4, -0.2) is 157 Å². The minimum Gasteiger partial charge on any atom is -0.744 e. The van der Waals surface area contributed by atoms with Crippen molar-refractivity contribution in [2.45, 2.75) is 79.7 Å². The Morgan fingerprint density at radius 2 is 0.759 bits per heavy atom. The second-order valence-electron chi connectivity index (χ2n) is 21.5. The molecule has 0 radical (unpaired) electrons. The highest BCUT2D eigenvalue weighted by Crippen LogP contribution is 2.45. The quantitative estimate of drug-likeness (QED) is 0.0213. The summed E-state index contributed by atoms with van der Waals surface area (Å²) in [7, 11) is 9.11. The first kappa shape index (κ1) is 68.5. The third-order valence-corrected chi connectivity index (χ3v) is 17.8. The van der Waals surface area contributed by atoms with Gasteiger partial charge in [0, 0.05) is 36.8 Å². The van der Waals surface area contributed by atoms with Gasteiger partial charge in [-0.05, 0) is 114 Å². The van der Waals surface area contributed by atoms with Gasteiger partial charge in [-0.15, -0.1) is 0 Å². The number of methoxy groups -OCH3 is 8. The van der Waals surface area contributed by atoms with Gasteiger partial charge < -0.3 is 65.4 Å². The summed E-state index contributed by atoms with van der Waals surface area (Å²) < 4.78 is 120. The number of rotatable bonds is 26. The van der Waals surface area contributed by atoms with Crippen molar-refractivity contribution in [1.82, 2.24) is 0 Å². The Hall–Kier alpha value is -7.60. The van der Waals surface area contributed by atoms with Crippen LogP contribution in [0.25, 0.3) is 0 Å². The van der Waals surface area contributed by atoms with E-state index < -0.39 is 20.2 Å². The van der Waals surface area contributed by atoms with Crippen LogP contribution in [0.2, 0.25) is 0 Å². The smallest absolute Gasteiger partial charge is 0.311 e. The molecule has 6 aromatic carbocycles. The second-order valence-corrected chi connectivity index (χ2v) is 24.3. The molecule has 0 saturated carbocycles. The number of carbonyl (C=O) groups is 2. The molecule has 0 aromatic heterocycles. The monoisotopic (exact) mass is 1240 g/mol. The normalized spacial score (nSPS) is 17.7. The molecule has 6 aromatic rings.